The highest BCUT2D eigenvalue weighted by molar-refractivity contribution is 7.95. The Bertz CT molecular complexity index is 1080. The Morgan fingerprint density at radius 2 is 1.03 bits per heavy atom. The van der Waals surface area contributed by atoms with Crippen LogP contribution >= 0.6 is 7.26 Å². The summed E-state index contributed by atoms with van der Waals surface area (Å²) in [7, 11) is -1.98. The molecule has 1 nitrogen and oxygen atoms in total. The van der Waals surface area contributed by atoms with Gasteiger partial charge in [-0.05, 0) is 42.5 Å². The summed E-state index contributed by atoms with van der Waals surface area (Å²) < 4.78 is 0. The van der Waals surface area contributed by atoms with E-state index in [9.17, 15) is 4.79 Å². The molecular formula is C28H22OP+. The van der Waals surface area contributed by atoms with E-state index >= 15 is 0 Å². The number of hydrogen-bond donors (Lipinski definition) is 0. The number of carbonyl (C=O) groups excluding carboxylic acids is 1. The molecule has 30 heavy (non-hydrogen) atoms. The van der Waals surface area contributed by atoms with Crippen molar-refractivity contribution in [3.8, 4) is 11.8 Å². The van der Waals surface area contributed by atoms with Crippen LogP contribution in [-0.2, 0) is 0 Å². The minimum Gasteiger partial charge on any atom is -0.298 e. The highest BCUT2D eigenvalue weighted by Crippen LogP contribution is 2.54. The van der Waals surface area contributed by atoms with Crippen LogP contribution < -0.4 is 15.9 Å². The van der Waals surface area contributed by atoms with Crippen LogP contribution in [0.2, 0.25) is 0 Å². The van der Waals surface area contributed by atoms with Gasteiger partial charge in [-0.3, -0.25) is 4.79 Å². The summed E-state index contributed by atoms with van der Waals surface area (Å²) in [6.45, 7) is 0. The van der Waals surface area contributed by atoms with Gasteiger partial charge in [0.25, 0.3) is 0 Å². The van der Waals surface area contributed by atoms with Gasteiger partial charge in [0.15, 0.2) is 6.29 Å². The fourth-order valence-electron chi connectivity index (χ4n) is 3.74. The topological polar surface area (TPSA) is 17.1 Å². The van der Waals surface area contributed by atoms with Crippen molar-refractivity contribution in [3.63, 3.8) is 0 Å². The van der Waals surface area contributed by atoms with Crippen LogP contribution in [0, 0.1) is 11.8 Å². The molecule has 0 fully saturated rings. The normalized spacial score (nSPS) is 10.7. The van der Waals surface area contributed by atoms with Gasteiger partial charge >= 0.3 is 0 Å². The van der Waals surface area contributed by atoms with Crippen LogP contribution in [0.4, 0.5) is 0 Å². The van der Waals surface area contributed by atoms with Crippen molar-refractivity contribution in [2.75, 3.05) is 6.16 Å². The molecule has 0 amide bonds. The smallest absolute Gasteiger partial charge is 0.151 e. The van der Waals surface area contributed by atoms with Crippen molar-refractivity contribution in [2.45, 2.75) is 0 Å². The summed E-state index contributed by atoms with van der Waals surface area (Å²) >= 11 is 0. The maximum absolute atomic E-state index is 11.4. The molecule has 0 atom stereocenters. The van der Waals surface area contributed by atoms with E-state index in [1.807, 2.05) is 24.3 Å². The van der Waals surface area contributed by atoms with Gasteiger partial charge in [0.2, 0.25) is 0 Å². The lowest BCUT2D eigenvalue weighted by Gasteiger charge is -2.25. The van der Waals surface area contributed by atoms with Gasteiger partial charge in [-0.2, -0.15) is 0 Å². The molecule has 0 aliphatic carbocycles. The van der Waals surface area contributed by atoms with Crippen molar-refractivity contribution >= 4 is 29.5 Å². The average Bonchev–Trinajstić information content (AvgIpc) is 2.84. The molecule has 0 N–H and O–H groups in total. The molecule has 0 bridgehead atoms. The summed E-state index contributed by atoms with van der Waals surface area (Å²) in [5.74, 6) is 6.73. The summed E-state index contributed by atoms with van der Waals surface area (Å²) in [5, 5.41) is 3.92. The number of aldehydes is 1. The Hall–Kier alpha value is -3.46. The highest BCUT2D eigenvalue weighted by Gasteiger charge is 2.44. The first-order chi connectivity index (χ1) is 14.8. The molecule has 2 heteroatoms. The minimum absolute atomic E-state index is 0.632. The van der Waals surface area contributed by atoms with E-state index in [-0.39, 0.29) is 0 Å². The minimum atomic E-state index is -1.98. The van der Waals surface area contributed by atoms with E-state index in [1.54, 1.807) is 0 Å². The summed E-state index contributed by atoms with van der Waals surface area (Å²) in [5.41, 5.74) is 1.41. The first-order valence-electron chi connectivity index (χ1n) is 9.92. The first kappa shape index (κ1) is 19.8. The zero-order chi connectivity index (χ0) is 20.7. The third-order valence-corrected chi connectivity index (χ3v) is 9.39. The predicted octanol–water partition coefficient (Wildman–Crippen LogP) is 4.84. The van der Waals surface area contributed by atoms with E-state index in [0.717, 1.165) is 11.8 Å². The van der Waals surface area contributed by atoms with Crippen LogP contribution in [0.15, 0.2) is 115 Å². The van der Waals surface area contributed by atoms with Gasteiger partial charge in [0, 0.05) is 11.1 Å². The van der Waals surface area contributed by atoms with Gasteiger partial charge in [0.1, 0.15) is 29.3 Å². The summed E-state index contributed by atoms with van der Waals surface area (Å²) in [4.78, 5) is 11.4. The fourth-order valence-corrected chi connectivity index (χ4v) is 7.54. The van der Waals surface area contributed by atoms with Crippen molar-refractivity contribution < 1.29 is 4.79 Å². The summed E-state index contributed by atoms with van der Waals surface area (Å²) in [6.07, 6.45) is 1.58. The van der Waals surface area contributed by atoms with E-state index in [1.165, 1.54) is 15.9 Å². The number of rotatable bonds is 5. The van der Waals surface area contributed by atoms with Crippen LogP contribution in [0.5, 0.6) is 0 Å². The monoisotopic (exact) mass is 405 g/mol. The van der Waals surface area contributed by atoms with Crippen LogP contribution in [-0.4, -0.2) is 12.4 Å². The Labute approximate surface area is 178 Å². The van der Waals surface area contributed by atoms with Gasteiger partial charge in [0.05, 0.1) is 0 Å². The lowest BCUT2D eigenvalue weighted by atomic mass is 10.1. The highest BCUT2D eigenvalue weighted by atomic mass is 31.2. The molecule has 0 aliphatic rings. The Morgan fingerprint density at radius 1 is 0.600 bits per heavy atom. The molecule has 0 aliphatic heterocycles. The molecule has 0 unspecified atom stereocenters. The van der Waals surface area contributed by atoms with Crippen molar-refractivity contribution in [1.29, 1.82) is 0 Å². The molecule has 0 aromatic heterocycles. The second-order valence-corrected chi connectivity index (χ2v) is 10.5. The second kappa shape index (κ2) is 9.36. The Morgan fingerprint density at radius 3 is 1.50 bits per heavy atom. The van der Waals surface area contributed by atoms with E-state index < -0.39 is 7.26 Å². The van der Waals surface area contributed by atoms with Gasteiger partial charge < -0.3 is 0 Å². The Balaban J connectivity index is 1.90. The molecule has 0 radical (unpaired) electrons. The standard InChI is InChI=1S/C28H22OP/c29-23-25-14-11-10-13-24(25)15-12-22-30(26-16-4-1-5-17-26,27-18-6-2-7-19-27)28-20-8-3-9-21-28/h1-11,13-14,16-21,23H,22H2/q+1. The molecule has 4 rings (SSSR count). The lowest BCUT2D eigenvalue weighted by molar-refractivity contribution is 0.112. The molecule has 0 saturated carbocycles. The molecule has 4 aromatic rings. The fraction of sp³-hybridized carbons (Fsp3) is 0.0357. The van der Waals surface area contributed by atoms with Crippen LogP contribution in [0.1, 0.15) is 15.9 Å². The van der Waals surface area contributed by atoms with Crippen molar-refractivity contribution in [3.05, 3.63) is 126 Å². The number of carbonyl (C=O) groups is 1. The van der Waals surface area contributed by atoms with Crippen LogP contribution in [0.25, 0.3) is 0 Å². The van der Waals surface area contributed by atoms with Crippen molar-refractivity contribution in [1.82, 2.24) is 0 Å². The number of benzene rings is 4. The van der Waals surface area contributed by atoms with Gasteiger partial charge in [-0.25, -0.2) is 0 Å². The van der Waals surface area contributed by atoms with Crippen molar-refractivity contribution in [2.24, 2.45) is 0 Å². The zero-order valence-corrected chi connectivity index (χ0v) is 17.5. The molecular weight excluding hydrogens is 383 g/mol. The molecule has 0 spiro atoms. The third kappa shape index (κ3) is 3.97. The third-order valence-electron chi connectivity index (χ3n) is 5.22. The maximum atomic E-state index is 11.4. The quantitative estimate of drug-likeness (QED) is 0.264. The average molecular weight is 405 g/mol. The Kier molecular flexibility index (Phi) is 6.19. The van der Waals surface area contributed by atoms with Gasteiger partial charge in [-0.15, -0.1) is 0 Å². The number of hydrogen-bond acceptors (Lipinski definition) is 1. The SMILES string of the molecule is O=Cc1ccccc1C#CC[P+](c1ccccc1)(c1ccccc1)c1ccccc1. The first-order valence-corrected chi connectivity index (χ1v) is 11.9. The molecule has 0 saturated heterocycles. The molecule has 0 heterocycles. The molecule has 144 valence electrons. The van der Waals surface area contributed by atoms with E-state index in [0.29, 0.717) is 11.7 Å². The predicted molar refractivity (Wildman–Crippen MR) is 129 cm³/mol. The zero-order valence-electron chi connectivity index (χ0n) is 16.6. The van der Waals surface area contributed by atoms with E-state index in [4.69, 9.17) is 0 Å². The maximum Gasteiger partial charge on any atom is 0.151 e. The summed E-state index contributed by atoms with van der Waals surface area (Å²) in [6, 6.07) is 39.6. The lowest BCUT2D eigenvalue weighted by Crippen LogP contribution is -2.33. The second-order valence-electron chi connectivity index (χ2n) is 6.98. The van der Waals surface area contributed by atoms with Crippen LogP contribution in [0.3, 0.4) is 0 Å². The van der Waals surface area contributed by atoms with E-state index in [2.05, 4.69) is 103 Å². The van der Waals surface area contributed by atoms with Gasteiger partial charge in [-0.1, -0.05) is 84.6 Å². The molecule has 4 aromatic carbocycles. The largest absolute Gasteiger partial charge is 0.298 e.